The number of halogens is 1. The van der Waals surface area contributed by atoms with Gasteiger partial charge in [0, 0.05) is 17.8 Å². The van der Waals surface area contributed by atoms with Crippen LogP contribution in [0.4, 0.5) is 11.4 Å². The molecule has 3 rings (SSSR count). The van der Waals surface area contributed by atoms with Crippen LogP contribution in [0.25, 0.3) is 0 Å². The Labute approximate surface area is 203 Å². The lowest BCUT2D eigenvalue weighted by Gasteiger charge is -2.22. The fourth-order valence-electron chi connectivity index (χ4n) is 3.33. The van der Waals surface area contributed by atoms with Crippen molar-refractivity contribution >= 4 is 39.1 Å². The Morgan fingerprint density at radius 3 is 2.36 bits per heavy atom. The van der Waals surface area contributed by atoms with Crippen molar-refractivity contribution in [2.75, 3.05) is 23.4 Å². The highest BCUT2D eigenvalue weighted by Gasteiger charge is 2.20. The predicted octanol–water partition coefficient (Wildman–Crippen LogP) is 6.79. The zero-order valence-electron chi connectivity index (χ0n) is 19.2. The highest BCUT2D eigenvalue weighted by atomic mass is 79.9. The number of nitrogens with zero attached hydrogens (tertiary/aromatic N) is 1. The summed E-state index contributed by atoms with van der Waals surface area (Å²) in [6.45, 7) is 7.35. The minimum atomic E-state index is -0.299. The van der Waals surface area contributed by atoms with Crippen LogP contribution in [0.3, 0.4) is 0 Å². The van der Waals surface area contributed by atoms with Crippen molar-refractivity contribution in [3.63, 3.8) is 0 Å². The lowest BCUT2D eigenvalue weighted by molar-refractivity contribution is 0.0989. The number of anilines is 2. The number of rotatable bonds is 9. The smallest absolute Gasteiger partial charge is 0.260 e. The van der Waals surface area contributed by atoms with Crippen LogP contribution in [0.15, 0.2) is 77.3 Å². The molecule has 5 nitrogen and oxygen atoms in total. The van der Waals surface area contributed by atoms with Crippen molar-refractivity contribution in [1.29, 1.82) is 0 Å². The van der Waals surface area contributed by atoms with Crippen LogP contribution in [0, 0.1) is 5.92 Å². The third-order valence-corrected chi connectivity index (χ3v) is 5.80. The third kappa shape index (κ3) is 6.45. The van der Waals surface area contributed by atoms with Crippen LogP contribution < -0.4 is 15.0 Å². The van der Waals surface area contributed by atoms with Crippen LogP contribution in [-0.4, -0.2) is 25.0 Å². The molecule has 0 aliphatic rings. The fourth-order valence-corrected chi connectivity index (χ4v) is 3.83. The monoisotopic (exact) mass is 508 g/mol. The first kappa shape index (κ1) is 24.5. The number of carbonyl (C=O) groups is 2. The lowest BCUT2D eigenvalue weighted by atomic mass is 10.1. The molecule has 0 aromatic heterocycles. The number of carbonyl (C=O) groups excluding carboxylic acids is 2. The van der Waals surface area contributed by atoms with Crippen molar-refractivity contribution in [3.05, 3.63) is 88.4 Å². The lowest BCUT2D eigenvalue weighted by Crippen LogP contribution is -2.31. The van der Waals surface area contributed by atoms with E-state index in [0.29, 0.717) is 46.1 Å². The first-order valence-corrected chi connectivity index (χ1v) is 11.9. The molecule has 3 aromatic carbocycles. The standard InChI is InChI=1S/C27H29BrN2O3/c1-4-30(21-10-6-5-7-11-21)27(32)22-12-8-9-13-24(22)29-26(31)20-14-15-25(23(28)18-20)33-17-16-19(2)3/h5-15,18-19H,4,16-17H2,1-3H3,(H,29,31). The Morgan fingerprint density at radius 1 is 1.00 bits per heavy atom. The number of nitrogens with one attached hydrogen (secondary N) is 1. The molecule has 0 saturated carbocycles. The van der Waals surface area contributed by atoms with Gasteiger partial charge in [-0.15, -0.1) is 0 Å². The first-order chi connectivity index (χ1) is 15.9. The topological polar surface area (TPSA) is 58.6 Å². The maximum absolute atomic E-state index is 13.3. The molecule has 6 heteroatoms. The van der Waals surface area contributed by atoms with Gasteiger partial charge in [-0.05, 0) is 77.7 Å². The number of benzene rings is 3. The fraction of sp³-hybridized carbons (Fsp3) is 0.259. The molecule has 0 aliphatic heterocycles. The molecule has 0 aliphatic carbocycles. The van der Waals surface area contributed by atoms with Gasteiger partial charge in [0.2, 0.25) is 0 Å². The van der Waals surface area contributed by atoms with Gasteiger partial charge in [-0.2, -0.15) is 0 Å². The maximum atomic E-state index is 13.3. The van der Waals surface area contributed by atoms with E-state index in [-0.39, 0.29) is 11.8 Å². The number of ether oxygens (including phenoxy) is 1. The highest BCUT2D eigenvalue weighted by Crippen LogP contribution is 2.28. The summed E-state index contributed by atoms with van der Waals surface area (Å²) < 4.78 is 6.52. The zero-order valence-corrected chi connectivity index (χ0v) is 20.8. The summed E-state index contributed by atoms with van der Waals surface area (Å²) in [6, 6.07) is 21.8. The Hall–Kier alpha value is -3.12. The van der Waals surface area contributed by atoms with Crippen molar-refractivity contribution < 1.29 is 14.3 Å². The van der Waals surface area contributed by atoms with E-state index >= 15 is 0 Å². The van der Waals surface area contributed by atoms with Crippen LogP contribution in [0.1, 0.15) is 47.9 Å². The summed E-state index contributed by atoms with van der Waals surface area (Å²) in [4.78, 5) is 28.0. The van der Waals surface area contributed by atoms with E-state index in [1.165, 1.54) is 0 Å². The SMILES string of the molecule is CCN(C(=O)c1ccccc1NC(=O)c1ccc(OCCC(C)C)c(Br)c1)c1ccccc1. The van der Waals surface area contributed by atoms with Crippen LogP contribution in [-0.2, 0) is 0 Å². The number of hydrogen-bond donors (Lipinski definition) is 1. The van der Waals surface area contributed by atoms with E-state index in [4.69, 9.17) is 4.74 Å². The van der Waals surface area contributed by atoms with Crippen molar-refractivity contribution in [2.45, 2.75) is 27.2 Å². The number of amides is 2. The molecule has 0 radical (unpaired) electrons. The molecule has 1 N–H and O–H groups in total. The van der Waals surface area contributed by atoms with Gasteiger partial charge in [-0.1, -0.05) is 44.2 Å². The summed E-state index contributed by atoms with van der Waals surface area (Å²) in [6.07, 6.45) is 0.956. The van der Waals surface area contributed by atoms with Gasteiger partial charge in [0.05, 0.1) is 22.3 Å². The van der Waals surface area contributed by atoms with Gasteiger partial charge in [0.15, 0.2) is 0 Å². The van der Waals surface area contributed by atoms with Crippen LogP contribution in [0.2, 0.25) is 0 Å². The maximum Gasteiger partial charge on any atom is 0.260 e. The largest absolute Gasteiger partial charge is 0.492 e. The van der Waals surface area contributed by atoms with E-state index in [0.717, 1.165) is 12.1 Å². The molecule has 0 unspecified atom stereocenters. The van der Waals surface area contributed by atoms with Crippen LogP contribution >= 0.6 is 15.9 Å². The van der Waals surface area contributed by atoms with Gasteiger partial charge < -0.3 is 15.0 Å². The van der Waals surface area contributed by atoms with Crippen molar-refractivity contribution in [3.8, 4) is 5.75 Å². The van der Waals surface area contributed by atoms with Gasteiger partial charge in [-0.25, -0.2) is 0 Å². The van der Waals surface area contributed by atoms with E-state index in [1.807, 2.05) is 37.3 Å². The average Bonchev–Trinajstić information content (AvgIpc) is 2.81. The van der Waals surface area contributed by atoms with Gasteiger partial charge in [0.1, 0.15) is 5.75 Å². The Morgan fingerprint density at radius 2 is 1.70 bits per heavy atom. The Bertz CT molecular complexity index is 1100. The van der Waals surface area contributed by atoms with E-state index in [1.54, 1.807) is 47.4 Å². The van der Waals surface area contributed by atoms with Gasteiger partial charge >= 0.3 is 0 Å². The summed E-state index contributed by atoms with van der Waals surface area (Å²) in [5, 5.41) is 2.89. The van der Waals surface area contributed by atoms with E-state index < -0.39 is 0 Å². The molecule has 0 saturated heterocycles. The summed E-state index contributed by atoms with van der Waals surface area (Å²) in [7, 11) is 0. The van der Waals surface area contributed by atoms with Crippen LogP contribution in [0.5, 0.6) is 5.75 Å². The molecular weight excluding hydrogens is 480 g/mol. The minimum absolute atomic E-state index is 0.172. The van der Waals surface area contributed by atoms with Crippen molar-refractivity contribution in [1.82, 2.24) is 0 Å². The summed E-state index contributed by atoms with van der Waals surface area (Å²) in [5.41, 5.74) is 2.18. The van der Waals surface area contributed by atoms with E-state index in [9.17, 15) is 9.59 Å². The Balaban J connectivity index is 1.77. The van der Waals surface area contributed by atoms with E-state index in [2.05, 4.69) is 35.1 Å². The van der Waals surface area contributed by atoms with Gasteiger partial charge in [-0.3, -0.25) is 9.59 Å². The third-order valence-electron chi connectivity index (χ3n) is 5.18. The average molecular weight is 509 g/mol. The molecule has 172 valence electrons. The van der Waals surface area contributed by atoms with Crippen molar-refractivity contribution in [2.24, 2.45) is 5.92 Å². The normalized spacial score (nSPS) is 10.7. The quantitative estimate of drug-likeness (QED) is 0.346. The molecule has 0 spiro atoms. The second-order valence-electron chi connectivity index (χ2n) is 8.06. The molecule has 0 heterocycles. The second-order valence-corrected chi connectivity index (χ2v) is 8.92. The molecule has 3 aromatic rings. The first-order valence-electron chi connectivity index (χ1n) is 11.1. The molecule has 33 heavy (non-hydrogen) atoms. The molecule has 0 atom stereocenters. The minimum Gasteiger partial charge on any atom is -0.492 e. The molecule has 0 fully saturated rings. The zero-order chi connectivity index (χ0) is 23.8. The Kier molecular flexibility index (Phi) is 8.66. The molecule has 2 amide bonds. The predicted molar refractivity (Wildman–Crippen MR) is 137 cm³/mol. The number of para-hydroxylation sites is 2. The highest BCUT2D eigenvalue weighted by molar-refractivity contribution is 9.10. The second kappa shape index (κ2) is 11.7. The molecular formula is C27H29BrN2O3. The van der Waals surface area contributed by atoms with Gasteiger partial charge in [0.25, 0.3) is 11.8 Å². The summed E-state index contributed by atoms with van der Waals surface area (Å²) >= 11 is 3.49. The summed E-state index contributed by atoms with van der Waals surface area (Å²) in [5.74, 6) is 0.786. The molecule has 0 bridgehead atoms. The number of hydrogen-bond acceptors (Lipinski definition) is 3.